The molecule has 1 rings (SSSR count). The van der Waals surface area contributed by atoms with E-state index in [9.17, 15) is 39.0 Å². The quantitative estimate of drug-likeness (QED) is 0.0536. The molecular weight excluding hydrogens is 652 g/mol. The summed E-state index contributed by atoms with van der Waals surface area (Å²) in [6.45, 7) is 8.19. The molecule has 49 heavy (non-hydrogen) atoms. The maximum absolute atomic E-state index is 13.7. The molecule has 1 aromatic carbocycles. The van der Waals surface area contributed by atoms with Crippen LogP contribution in [0.3, 0.4) is 0 Å². The molecule has 0 fully saturated rings. The van der Waals surface area contributed by atoms with Gasteiger partial charge in [0.2, 0.25) is 17.7 Å². The van der Waals surface area contributed by atoms with Crippen LogP contribution in [0, 0.1) is 17.8 Å². The number of thioether (sulfide) groups is 1. The number of ketones is 2. The van der Waals surface area contributed by atoms with Gasteiger partial charge in [0.25, 0.3) is 0 Å². The number of carboxylic acids is 1. The molecule has 0 aliphatic rings. The Kier molecular flexibility index (Phi) is 19.2. The van der Waals surface area contributed by atoms with Gasteiger partial charge in [0.05, 0.1) is 18.6 Å². The van der Waals surface area contributed by atoms with E-state index in [1.807, 2.05) is 13.8 Å². The van der Waals surface area contributed by atoms with Crippen LogP contribution in [0.25, 0.3) is 0 Å². The second-order valence-electron chi connectivity index (χ2n) is 12.8. The number of carbonyl (C=O) groups is 6. The maximum Gasteiger partial charge on any atom is 0.326 e. The first kappa shape index (κ1) is 43.0. The van der Waals surface area contributed by atoms with Gasteiger partial charge in [-0.3, -0.25) is 24.2 Å². The highest BCUT2D eigenvalue weighted by atomic mass is 32.2. The number of aliphatic hydroxyl groups excluding tert-OH is 1. The van der Waals surface area contributed by atoms with Crippen molar-refractivity contribution in [2.24, 2.45) is 34.2 Å². The van der Waals surface area contributed by atoms with Crippen molar-refractivity contribution in [2.75, 3.05) is 26.0 Å². The molecule has 0 bridgehead atoms. The summed E-state index contributed by atoms with van der Waals surface area (Å²) in [4.78, 5) is 82.9. The van der Waals surface area contributed by atoms with Crippen molar-refractivity contribution in [3.8, 4) is 0 Å². The van der Waals surface area contributed by atoms with E-state index >= 15 is 0 Å². The molecule has 14 nitrogen and oxygen atoms in total. The zero-order valence-corrected chi connectivity index (χ0v) is 30.2. The summed E-state index contributed by atoms with van der Waals surface area (Å²) in [6, 6.07) is 4.99. The summed E-state index contributed by atoms with van der Waals surface area (Å²) in [7, 11) is 1.29. The lowest BCUT2D eigenvalue weighted by molar-refractivity contribution is -0.150. The summed E-state index contributed by atoms with van der Waals surface area (Å²) in [6.07, 6.45) is 0.220. The Morgan fingerprint density at radius 2 is 1.55 bits per heavy atom. The molecular formula is C34H54N6O8S. The van der Waals surface area contributed by atoms with Crippen LogP contribution in [0.1, 0.15) is 65.9 Å². The minimum absolute atomic E-state index is 0.00730. The smallest absolute Gasteiger partial charge is 0.326 e. The average Bonchev–Trinajstić information content (AvgIpc) is 3.03. The summed E-state index contributed by atoms with van der Waals surface area (Å²) in [5, 5.41) is 25.4. The number of amides is 3. The first-order valence-electron chi connectivity index (χ1n) is 16.4. The fourth-order valence-corrected chi connectivity index (χ4v) is 5.96. The molecule has 3 amide bonds. The van der Waals surface area contributed by atoms with E-state index in [0.717, 1.165) is 4.90 Å². The van der Waals surface area contributed by atoms with Gasteiger partial charge >= 0.3 is 5.97 Å². The number of rotatable bonds is 23. The van der Waals surface area contributed by atoms with Crippen LogP contribution in [-0.4, -0.2) is 106 Å². The van der Waals surface area contributed by atoms with E-state index in [1.165, 1.54) is 25.7 Å². The van der Waals surface area contributed by atoms with E-state index in [-0.39, 0.29) is 49.2 Å². The molecule has 0 aliphatic carbocycles. The number of benzene rings is 1. The third-order valence-electron chi connectivity index (χ3n) is 7.92. The Labute approximate surface area is 293 Å². The highest BCUT2D eigenvalue weighted by Gasteiger charge is 2.35. The largest absolute Gasteiger partial charge is 0.480 e. The number of likely N-dealkylation sites (N-methyl/N-ethyl adjacent to an activating group) is 1. The second-order valence-corrected chi connectivity index (χ2v) is 14.4. The lowest BCUT2D eigenvalue weighted by Gasteiger charge is -2.30. The first-order valence-corrected chi connectivity index (χ1v) is 17.5. The van der Waals surface area contributed by atoms with Gasteiger partial charge in [0.15, 0.2) is 11.7 Å². The Bertz CT molecular complexity index is 1290. The zero-order valence-electron chi connectivity index (χ0n) is 29.4. The number of aliphatic imine (C=N–C) groups is 1. The molecule has 15 heteroatoms. The summed E-state index contributed by atoms with van der Waals surface area (Å²) >= 11 is 1.52. The number of guanidine groups is 1. The fourth-order valence-electron chi connectivity index (χ4n) is 5.07. The number of Topliss-reactive ketones (excluding diaryl/α,β-unsaturated/α-hetero) is 2. The van der Waals surface area contributed by atoms with Gasteiger partial charge in [-0.1, -0.05) is 58.0 Å². The number of carboxylic acid groups (broad SMARTS) is 1. The van der Waals surface area contributed by atoms with Crippen molar-refractivity contribution >= 4 is 53.0 Å². The number of carbonyl (C=O) groups excluding carboxylic acids is 5. The summed E-state index contributed by atoms with van der Waals surface area (Å²) in [5.74, 6) is -5.56. The molecule has 0 aliphatic heterocycles. The van der Waals surface area contributed by atoms with Crippen LogP contribution in [0.4, 0.5) is 0 Å². The van der Waals surface area contributed by atoms with Gasteiger partial charge in [-0.25, -0.2) is 4.79 Å². The molecule has 0 spiro atoms. The lowest BCUT2D eigenvalue weighted by atomic mass is 9.87. The number of nitrogens with one attached hydrogen (secondary N) is 2. The molecule has 0 aromatic heterocycles. The number of hydrogen-bond acceptors (Lipinski definition) is 9. The molecule has 274 valence electrons. The van der Waals surface area contributed by atoms with Crippen molar-refractivity contribution in [2.45, 2.75) is 90.1 Å². The molecule has 0 unspecified atom stereocenters. The molecule has 5 atom stereocenters. The van der Waals surface area contributed by atoms with Gasteiger partial charge in [-0.15, -0.1) is 0 Å². The molecule has 8 N–H and O–H groups in total. The van der Waals surface area contributed by atoms with Gasteiger partial charge in [-0.05, 0) is 36.5 Å². The van der Waals surface area contributed by atoms with Crippen LogP contribution < -0.4 is 22.1 Å². The van der Waals surface area contributed by atoms with Gasteiger partial charge in [0, 0.05) is 44.5 Å². The molecule has 0 saturated heterocycles. The SMILES string of the molecule is CC(=O)C[C@@H](CSC(C)C)C(=O)N[C@@H](CCCN=C(N)N)C(=O)C[C@H](C(=O)N[C@@H](CO)C(=O)N(C)[C@@H](Cc1ccccc1)C(=O)O)C(C)C. The van der Waals surface area contributed by atoms with Crippen LogP contribution in [0.15, 0.2) is 35.3 Å². The van der Waals surface area contributed by atoms with Gasteiger partial charge < -0.3 is 42.0 Å². The molecule has 0 heterocycles. The van der Waals surface area contributed by atoms with Crippen LogP contribution in [0.2, 0.25) is 0 Å². The van der Waals surface area contributed by atoms with E-state index < -0.39 is 72.0 Å². The molecule has 1 aromatic rings. The van der Waals surface area contributed by atoms with Crippen molar-refractivity contribution in [3.05, 3.63) is 35.9 Å². The Hall–Kier alpha value is -3.98. The topological polar surface area (TPSA) is 235 Å². The van der Waals surface area contributed by atoms with Crippen molar-refractivity contribution < 1.29 is 39.0 Å². The summed E-state index contributed by atoms with van der Waals surface area (Å²) in [5.41, 5.74) is 11.5. The molecule has 0 radical (unpaired) electrons. The highest BCUT2D eigenvalue weighted by molar-refractivity contribution is 7.99. The normalized spacial score (nSPS) is 14.2. The van der Waals surface area contributed by atoms with Crippen LogP contribution >= 0.6 is 11.8 Å². The lowest BCUT2D eigenvalue weighted by Crippen LogP contribution is -2.55. The summed E-state index contributed by atoms with van der Waals surface area (Å²) < 4.78 is 0. The minimum Gasteiger partial charge on any atom is -0.480 e. The van der Waals surface area contributed by atoms with E-state index in [2.05, 4.69) is 15.6 Å². The average molecular weight is 707 g/mol. The van der Waals surface area contributed by atoms with Gasteiger partial charge in [0.1, 0.15) is 17.9 Å². The third kappa shape index (κ3) is 15.9. The second kappa shape index (κ2) is 21.9. The number of hydrogen-bond donors (Lipinski definition) is 6. The van der Waals surface area contributed by atoms with Crippen LogP contribution in [0.5, 0.6) is 0 Å². The maximum atomic E-state index is 13.7. The number of aliphatic carboxylic acids is 1. The number of nitrogens with two attached hydrogens (primary N) is 2. The standard InChI is InChI=1S/C34H54N6O8S/c1-20(2)25(31(45)39-27(18-41)32(46)40(6)28(33(47)48)16-23-11-8-7-9-12-23)17-29(43)26(13-10-14-37-34(35)36)38-30(44)24(15-22(5)42)19-49-21(3)4/h7-9,11-12,20-21,24-28,41H,10,13-19H2,1-6H3,(H,38,44)(H,39,45)(H,47,48)(H4,35,36,37)/t24-,25-,26-,27-,28-/m0/s1. The number of aliphatic hydroxyl groups is 1. The van der Waals surface area contributed by atoms with E-state index in [1.54, 1.807) is 44.2 Å². The predicted molar refractivity (Wildman–Crippen MR) is 190 cm³/mol. The van der Waals surface area contributed by atoms with Crippen LogP contribution in [-0.2, 0) is 35.2 Å². The Balaban J connectivity index is 3.17. The fraction of sp³-hybridized carbons (Fsp3) is 0.618. The number of nitrogens with zero attached hydrogens (tertiary/aromatic N) is 2. The monoisotopic (exact) mass is 706 g/mol. The molecule has 0 saturated carbocycles. The minimum atomic E-state index is -1.47. The van der Waals surface area contributed by atoms with E-state index in [0.29, 0.717) is 17.7 Å². The van der Waals surface area contributed by atoms with Crippen molar-refractivity contribution in [3.63, 3.8) is 0 Å². The first-order chi connectivity index (χ1) is 23.0. The van der Waals surface area contributed by atoms with Crippen molar-refractivity contribution in [1.82, 2.24) is 15.5 Å². The highest BCUT2D eigenvalue weighted by Crippen LogP contribution is 2.21. The third-order valence-corrected chi connectivity index (χ3v) is 9.18. The van der Waals surface area contributed by atoms with Gasteiger partial charge in [-0.2, -0.15) is 11.8 Å². The predicted octanol–water partition coefficient (Wildman–Crippen LogP) is 1.12. The van der Waals surface area contributed by atoms with Crippen molar-refractivity contribution in [1.29, 1.82) is 0 Å². The zero-order chi connectivity index (χ0) is 37.3. The Morgan fingerprint density at radius 3 is 2.06 bits per heavy atom. The van der Waals surface area contributed by atoms with E-state index in [4.69, 9.17) is 11.5 Å². The Morgan fingerprint density at radius 1 is 0.939 bits per heavy atom.